The number of nitrogens with zero attached hydrogens (tertiary/aromatic N) is 3. The predicted octanol–water partition coefficient (Wildman–Crippen LogP) is 2.21. The van der Waals surface area contributed by atoms with Gasteiger partial charge >= 0.3 is 0 Å². The van der Waals surface area contributed by atoms with Crippen LogP contribution in [0.2, 0.25) is 0 Å². The third kappa shape index (κ3) is 7.13. The van der Waals surface area contributed by atoms with E-state index in [2.05, 4.69) is 57.4 Å². The normalized spacial score (nSPS) is 16.1. The molecule has 1 rings (SSSR count). The van der Waals surface area contributed by atoms with Gasteiger partial charge in [-0.2, -0.15) is 0 Å². The Kier molecular flexibility index (Phi) is 7.94. The fraction of sp³-hybridized carbons (Fsp3) is 0.400. The maximum Gasteiger partial charge on any atom is 0.139 e. The van der Waals surface area contributed by atoms with Crippen LogP contribution in [0.25, 0.3) is 0 Å². The van der Waals surface area contributed by atoms with Crippen LogP contribution in [-0.4, -0.2) is 45.4 Å². The van der Waals surface area contributed by atoms with Gasteiger partial charge in [-0.3, -0.25) is 15.0 Å². The first-order chi connectivity index (χ1) is 9.36. The largest absolute Gasteiger partial charge is 0.365 e. The summed E-state index contributed by atoms with van der Waals surface area (Å²) < 4.78 is 0. The summed E-state index contributed by atoms with van der Waals surface area (Å²) in [4.78, 5) is 12.1. The fourth-order valence-electron chi connectivity index (χ4n) is 1.56. The molecule has 0 atom stereocenters. The molecule has 4 nitrogen and oxygen atoms in total. The van der Waals surface area contributed by atoms with Gasteiger partial charge in [-0.25, -0.2) is 0 Å². The van der Waals surface area contributed by atoms with E-state index in [1.807, 2.05) is 0 Å². The Bertz CT molecular complexity index is 414. The van der Waals surface area contributed by atoms with Crippen LogP contribution < -0.4 is 5.32 Å². The number of amidine groups is 1. The zero-order valence-electron chi connectivity index (χ0n) is 11.5. The van der Waals surface area contributed by atoms with E-state index in [0.717, 1.165) is 25.2 Å². The van der Waals surface area contributed by atoms with Crippen LogP contribution in [0.15, 0.2) is 50.9 Å². The summed E-state index contributed by atoms with van der Waals surface area (Å²) in [6.07, 6.45) is 14.6. The molecular weight excluding hydrogens is 236 g/mol. The van der Waals surface area contributed by atoms with Gasteiger partial charge in [0.25, 0.3) is 0 Å². The molecule has 0 aromatic heterocycles. The lowest BCUT2D eigenvalue weighted by molar-refractivity contribution is 0.979. The molecule has 0 unspecified atom stereocenters. The minimum atomic E-state index is 0.647. The topological polar surface area (TPSA) is 49.1 Å². The molecule has 0 aromatic rings. The first-order valence-corrected chi connectivity index (χ1v) is 6.50. The molecule has 0 aliphatic heterocycles. The zero-order valence-corrected chi connectivity index (χ0v) is 11.5. The van der Waals surface area contributed by atoms with Crippen molar-refractivity contribution in [2.45, 2.75) is 12.8 Å². The lowest BCUT2D eigenvalue weighted by atomic mass is 10.1. The number of aliphatic imine (C=N–C) groups is 3. The number of allylic oxidation sites excluding steroid dienone is 4. The molecule has 1 N–H and O–H groups in total. The molecule has 0 fully saturated rings. The molecule has 1 aliphatic rings. The van der Waals surface area contributed by atoms with E-state index in [0.29, 0.717) is 13.1 Å². The fourth-order valence-corrected chi connectivity index (χ4v) is 1.56. The first-order valence-electron chi connectivity index (χ1n) is 6.50. The van der Waals surface area contributed by atoms with E-state index in [1.165, 1.54) is 5.57 Å². The first kappa shape index (κ1) is 15.1. The van der Waals surface area contributed by atoms with E-state index >= 15 is 0 Å². The Morgan fingerprint density at radius 3 is 2.95 bits per heavy atom. The third-order valence-electron chi connectivity index (χ3n) is 2.60. The Morgan fingerprint density at radius 2 is 2.16 bits per heavy atom. The van der Waals surface area contributed by atoms with Crippen LogP contribution in [0.1, 0.15) is 12.8 Å². The van der Waals surface area contributed by atoms with Crippen LogP contribution >= 0.6 is 0 Å². The molecule has 1 aliphatic carbocycles. The van der Waals surface area contributed by atoms with Crippen LogP contribution in [0, 0.1) is 0 Å². The van der Waals surface area contributed by atoms with Gasteiger partial charge < -0.3 is 5.32 Å². The second-order valence-electron chi connectivity index (χ2n) is 4.07. The smallest absolute Gasteiger partial charge is 0.139 e. The minimum absolute atomic E-state index is 0.647. The van der Waals surface area contributed by atoms with Crippen LogP contribution in [0.4, 0.5) is 0 Å². The van der Waals surface area contributed by atoms with Crippen molar-refractivity contribution in [3.63, 3.8) is 0 Å². The van der Waals surface area contributed by atoms with Gasteiger partial charge in [0.1, 0.15) is 5.84 Å². The molecule has 0 radical (unpaired) electrons. The van der Waals surface area contributed by atoms with Gasteiger partial charge in [-0.1, -0.05) is 30.4 Å². The van der Waals surface area contributed by atoms with Crippen molar-refractivity contribution in [1.29, 1.82) is 0 Å². The Labute approximate surface area is 115 Å². The summed E-state index contributed by atoms with van der Waals surface area (Å²) in [5.74, 6) is 0.788. The number of rotatable bonds is 6. The molecule has 0 aromatic carbocycles. The Morgan fingerprint density at radius 1 is 1.32 bits per heavy atom. The van der Waals surface area contributed by atoms with Gasteiger partial charge in [0.15, 0.2) is 0 Å². The monoisotopic (exact) mass is 258 g/mol. The minimum Gasteiger partial charge on any atom is -0.365 e. The molecule has 19 heavy (non-hydrogen) atoms. The highest BCUT2D eigenvalue weighted by Crippen LogP contribution is 2.04. The Balaban J connectivity index is 2.42. The van der Waals surface area contributed by atoms with Gasteiger partial charge in [0, 0.05) is 13.6 Å². The number of hydrogen-bond donors (Lipinski definition) is 1. The van der Waals surface area contributed by atoms with Gasteiger partial charge in [0.2, 0.25) is 0 Å². The quantitative estimate of drug-likeness (QED) is 0.338. The van der Waals surface area contributed by atoms with E-state index in [9.17, 15) is 0 Å². The lowest BCUT2D eigenvalue weighted by Gasteiger charge is -2.07. The molecule has 0 bridgehead atoms. The molecule has 0 heterocycles. The molecule has 0 saturated heterocycles. The van der Waals surface area contributed by atoms with Gasteiger partial charge in [-0.05, 0) is 25.1 Å². The third-order valence-corrected chi connectivity index (χ3v) is 2.60. The maximum absolute atomic E-state index is 4.23. The van der Waals surface area contributed by atoms with Crippen molar-refractivity contribution in [3.8, 4) is 0 Å². The summed E-state index contributed by atoms with van der Waals surface area (Å²) in [7, 11) is 1.76. The lowest BCUT2D eigenvalue weighted by Crippen LogP contribution is -2.26. The molecular formula is C15H22N4. The highest BCUT2D eigenvalue weighted by molar-refractivity contribution is 6.29. The molecule has 0 saturated carbocycles. The SMILES string of the molecule is C=NCCN=CC(=NC)NCC1=CCC=CCC=C1. The van der Waals surface area contributed by atoms with E-state index < -0.39 is 0 Å². The molecule has 4 heteroatoms. The molecule has 0 spiro atoms. The second-order valence-corrected chi connectivity index (χ2v) is 4.07. The summed E-state index contributed by atoms with van der Waals surface area (Å²) in [6.45, 7) is 5.48. The highest BCUT2D eigenvalue weighted by atomic mass is 15.0. The second kappa shape index (κ2) is 10.00. The average molecular weight is 258 g/mol. The van der Waals surface area contributed by atoms with Gasteiger partial charge in [0.05, 0.1) is 19.3 Å². The van der Waals surface area contributed by atoms with Crippen molar-refractivity contribution in [2.75, 3.05) is 26.7 Å². The zero-order chi connectivity index (χ0) is 13.8. The van der Waals surface area contributed by atoms with Crippen molar-refractivity contribution in [1.82, 2.24) is 5.32 Å². The summed E-state index contributed by atoms with van der Waals surface area (Å²) in [5, 5.41) is 3.28. The van der Waals surface area contributed by atoms with Crippen molar-refractivity contribution in [2.24, 2.45) is 15.0 Å². The molecule has 0 amide bonds. The maximum atomic E-state index is 4.23. The summed E-state index contributed by atoms with van der Waals surface area (Å²) in [5.41, 5.74) is 1.27. The van der Waals surface area contributed by atoms with Crippen molar-refractivity contribution >= 4 is 18.8 Å². The molecule has 102 valence electrons. The van der Waals surface area contributed by atoms with Crippen molar-refractivity contribution in [3.05, 3.63) is 36.0 Å². The summed E-state index contributed by atoms with van der Waals surface area (Å²) in [6, 6.07) is 0. The predicted molar refractivity (Wildman–Crippen MR) is 84.7 cm³/mol. The number of hydrogen-bond acceptors (Lipinski definition) is 3. The van der Waals surface area contributed by atoms with Crippen LogP contribution in [-0.2, 0) is 0 Å². The standard InChI is InChI=1S/C15H22N4/c1-16-10-11-18-13-15(17-2)19-12-14-8-6-4-3-5-7-9-14/h3-4,7-9,13H,1,5-6,10-12H2,2H3,(H,17,19). The van der Waals surface area contributed by atoms with E-state index in [4.69, 9.17) is 0 Å². The highest BCUT2D eigenvalue weighted by Gasteiger charge is 1.96. The average Bonchev–Trinajstić information content (AvgIpc) is 2.39. The number of nitrogens with one attached hydrogen (secondary N) is 1. The van der Waals surface area contributed by atoms with Crippen LogP contribution in [0.5, 0.6) is 0 Å². The van der Waals surface area contributed by atoms with Gasteiger partial charge in [-0.15, -0.1) is 0 Å². The summed E-state index contributed by atoms with van der Waals surface area (Å²) >= 11 is 0. The van der Waals surface area contributed by atoms with Crippen LogP contribution in [0.3, 0.4) is 0 Å². The van der Waals surface area contributed by atoms with Crippen molar-refractivity contribution < 1.29 is 0 Å². The van der Waals surface area contributed by atoms with E-state index in [1.54, 1.807) is 13.3 Å². The Hall–Kier alpha value is -1.97. The van der Waals surface area contributed by atoms with E-state index in [-0.39, 0.29) is 0 Å².